The quantitative estimate of drug-likeness (QED) is 0.735. The van der Waals surface area contributed by atoms with Gasteiger partial charge in [-0.3, -0.25) is 4.98 Å². The van der Waals surface area contributed by atoms with E-state index in [1.165, 1.54) is 0 Å². The Labute approximate surface area is 152 Å². The van der Waals surface area contributed by atoms with Crippen molar-refractivity contribution in [2.45, 2.75) is 25.3 Å². The summed E-state index contributed by atoms with van der Waals surface area (Å²) in [6.45, 7) is 4.10. The van der Waals surface area contributed by atoms with E-state index in [-0.39, 0.29) is 0 Å². The molecule has 0 saturated heterocycles. The molecule has 0 bridgehead atoms. The molecule has 6 heteroatoms. The number of rotatable bonds is 3. The number of allylic oxidation sites excluding steroid dienone is 1. The highest BCUT2D eigenvalue weighted by Crippen LogP contribution is 2.37. The number of hydrogen-bond donors (Lipinski definition) is 2. The molecule has 1 aliphatic heterocycles. The summed E-state index contributed by atoms with van der Waals surface area (Å²) in [6.07, 6.45) is 3.42. The van der Waals surface area contributed by atoms with E-state index >= 15 is 0 Å². The van der Waals surface area contributed by atoms with Crippen LogP contribution in [-0.4, -0.2) is 13.4 Å². The van der Waals surface area contributed by atoms with Crippen LogP contribution in [0.15, 0.2) is 52.4 Å². The highest BCUT2D eigenvalue weighted by Gasteiger charge is 2.27. The fourth-order valence-corrected chi connectivity index (χ4v) is 4.52. The zero-order chi connectivity index (χ0) is 18.5. The number of nitrogens with zero attached hydrogens (tertiary/aromatic N) is 1. The van der Waals surface area contributed by atoms with E-state index in [4.69, 9.17) is 5.73 Å². The van der Waals surface area contributed by atoms with E-state index in [1.54, 1.807) is 25.3 Å². The average molecular weight is 365 g/mol. The molecule has 0 radical (unpaired) electrons. The topological polar surface area (TPSA) is 85.1 Å². The molecule has 1 aliphatic rings. The van der Waals surface area contributed by atoms with E-state index in [2.05, 4.69) is 10.3 Å². The molecule has 3 aromatic rings. The molecule has 2 aromatic carbocycles. The fourth-order valence-electron chi connectivity index (χ4n) is 3.19. The molecular formula is C20H19N3O2S. The van der Waals surface area contributed by atoms with Gasteiger partial charge in [-0.1, -0.05) is 12.1 Å². The molecule has 0 unspecified atom stereocenters. The monoisotopic (exact) mass is 365 g/mol. The number of sulfone groups is 1. The van der Waals surface area contributed by atoms with Crippen molar-refractivity contribution in [1.29, 1.82) is 0 Å². The van der Waals surface area contributed by atoms with Gasteiger partial charge in [-0.2, -0.15) is 0 Å². The molecule has 1 aromatic heterocycles. The molecule has 26 heavy (non-hydrogen) atoms. The second-order valence-electron chi connectivity index (χ2n) is 6.50. The zero-order valence-electron chi connectivity index (χ0n) is 14.6. The van der Waals surface area contributed by atoms with Crippen LogP contribution in [0.1, 0.15) is 23.6 Å². The summed E-state index contributed by atoms with van der Waals surface area (Å²) in [5.74, 6) is 0. The molecule has 3 N–H and O–H groups in total. The molecule has 4 rings (SSSR count). The summed E-state index contributed by atoms with van der Waals surface area (Å²) in [7, 11) is -3.40. The minimum absolute atomic E-state index is 0.339. The van der Waals surface area contributed by atoms with Crippen LogP contribution in [0.5, 0.6) is 0 Å². The summed E-state index contributed by atoms with van der Waals surface area (Å²) in [5.41, 5.74) is 11.1. The van der Waals surface area contributed by atoms with Gasteiger partial charge in [-0.15, -0.1) is 0 Å². The first-order chi connectivity index (χ1) is 12.4. The molecule has 0 fully saturated rings. The summed E-state index contributed by atoms with van der Waals surface area (Å²) >= 11 is 0. The average Bonchev–Trinajstić information content (AvgIpc) is 2.84. The van der Waals surface area contributed by atoms with Crippen molar-refractivity contribution in [3.05, 3.63) is 64.2 Å². The Morgan fingerprint density at radius 2 is 1.88 bits per heavy atom. The Bertz CT molecular complexity index is 1180. The Balaban J connectivity index is 1.87. The third-order valence-corrected chi connectivity index (χ3v) is 6.65. The van der Waals surface area contributed by atoms with Crippen molar-refractivity contribution in [2.75, 3.05) is 5.32 Å². The van der Waals surface area contributed by atoms with E-state index in [0.717, 1.165) is 33.4 Å². The van der Waals surface area contributed by atoms with Crippen LogP contribution in [0.25, 0.3) is 17.0 Å². The maximum atomic E-state index is 12.5. The van der Waals surface area contributed by atoms with E-state index in [9.17, 15) is 8.42 Å². The number of nitrogens with two attached hydrogens (primary N) is 1. The number of aryl methyl sites for hydroxylation is 1. The lowest BCUT2D eigenvalue weighted by molar-refractivity contribution is 0.603. The molecule has 5 nitrogen and oxygen atoms in total. The molecule has 0 amide bonds. The van der Waals surface area contributed by atoms with Crippen LogP contribution in [-0.2, 0) is 16.4 Å². The maximum absolute atomic E-state index is 12.5. The lowest BCUT2D eigenvalue weighted by Crippen LogP contribution is -2.01. The summed E-state index contributed by atoms with van der Waals surface area (Å²) in [6, 6.07) is 11.4. The Morgan fingerprint density at radius 3 is 2.65 bits per heavy atom. The van der Waals surface area contributed by atoms with Crippen LogP contribution < -0.4 is 11.1 Å². The first-order valence-electron chi connectivity index (χ1n) is 8.33. The third-order valence-electron chi connectivity index (χ3n) is 4.75. The van der Waals surface area contributed by atoms with Gasteiger partial charge >= 0.3 is 0 Å². The Hall–Kier alpha value is -2.70. The van der Waals surface area contributed by atoms with Crippen molar-refractivity contribution in [3.8, 4) is 0 Å². The standard InChI is InChI=1S/C20H19N3O2S/c1-12-3-4-14(11-21)8-18(12)23-17-5-6-22-19-9-15-7-13(2)26(24,25)20(15)10-16(17)19/h3-10H,11,21H2,1-2H3,(H,22,23). The molecule has 2 heterocycles. The van der Waals surface area contributed by atoms with Crippen LogP contribution in [0.3, 0.4) is 0 Å². The minimum atomic E-state index is -3.40. The maximum Gasteiger partial charge on any atom is 0.203 e. The van der Waals surface area contributed by atoms with Gasteiger partial charge in [0.15, 0.2) is 0 Å². The van der Waals surface area contributed by atoms with Gasteiger partial charge < -0.3 is 11.1 Å². The van der Waals surface area contributed by atoms with Gasteiger partial charge in [0.2, 0.25) is 9.84 Å². The van der Waals surface area contributed by atoms with Crippen LogP contribution >= 0.6 is 0 Å². The lowest BCUT2D eigenvalue weighted by atomic mass is 10.1. The van der Waals surface area contributed by atoms with Crippen LogP contribution in [0.4, 0.5) is 11.4 Å². The number of anilines is 2. The van der Waals surface area contributed by atoms with Crippen molar-refractivity contribution in [1.82, 2.24) is 4.98 Å². The highest BCUT2D eigenvalue weighted by atomic mass is 32.2. The molecule has 0 atom stereocenters. The van der Waals surface area contributed by atoms with Crippen molar-refractivity contribution >= 4 is 38.2 Å². The number of hydrogen-bond acceptors (Lipinski definition) is 5. The predicted octanol–water partition coefficient (Wildman–Crippen LogP) is 3.89. The summed E-state index contributed by atoms with van der Waals surface area (Å²) in [4.78, 5) is 5.11. The van der Waals surface area contributed by atoms with Gasteiger partial charge in [-0.05, 0) is 60.9 Å². The van der Waals surface area contributed by atoms with Crippen LogP contribution in [0.2, 0.25) is 0 Å². The molecule has 132 valence electrons. The smallest absolute Gasteiger partial charge is 0.203 e. The van der Waals surface area contributed by atoms with Crippen LogP contribution in [0, 0.1) is 6.92 Å². The Morgan fingerprint density at radius 1 is 1.08 bits per heavy atom. The Kier molecular flexibility index (Phi) is 3.82. The minimum Gasteiger partial charge on any atom is -0.355 e. The second-order valence-corrected chi connectivity index (χ2v) is 8.59. The molecule has 0 aliphatic carbocycles. The molecule has 0 saturated carbocycles. The normalized spacial score (nSPS) is 15.0. The number of aromatic nitrogens is 1. The van der Waals surface area contributed by atoms with E-state index in [0.29, 0.717) is 21.9 Å². The predicted molar refractivity (Wildman–Crippen MR) is 105 cm³/mol. The van der Waals surface area contributed by atoms with Crippen molar-refractivity contribution < 1.29 is 8.42 Å². The molecule has 0 spiro atoms. The number of fused-ring (bicyclic) bond motifs is 2. The van der Waals surface area contributed by atoms with Gasteiger partial charge in [0.25, 0.3) is 0 Å². The van der Waals surface area contributed by atoms with Crippen molar-refractivity contribution in [3.63, 3.8) is 0 Å². The first-order valence-corrected chi connectivity index (χ1v) is 9.81. The zero-order valence-corrected chi connectivity index (χ0v) is 15.4. The lowest BCUT2D eigenvalue weighted by Gasteiger charge is -2.14. The van der Waals surface area contributed by atoms with Gasteiger partial charge in [0, 0.05) is 34.4 Å². The summed E-state index contributed by atoms with van der Waals surface area (Å²) < 4.78 is 25.0. The second kappa shape index (κ2) is 5.93. The first kappa shape index (κ1) is 16.8. The van der Waals surface area contributed by atoms with E-state index in [1.807, 2.05) is 37.3 Å². The number of nitrogens with one attached hydrogen (secondary N) is 1. The third kappa shape index (κ3) is 2.58. The largest absolute Gasteiger partial charge is 0.355 e. The van der Waals surface area contributed by atoms with Gasteiger partial charge in [0.05, 0.1) is 10.4 Å². The summed E-state index contributed by atoms with van der Waals surface area (Å²) in [5, 5.41) is 4.19. The van der Waals surface area contributed by atoms with E-state index < -0.39 is 9.84 Å². The SMILES string of the molecule is CC1=Cc2cc3nccc(Nc4cc(CN)ccc4C)c3cc2S1(=O)=O. The molecular weight excluding hydrogens is 346 g/mol. The number of benzene rings is 2. The van der Waals surface area contributed by atoms with Gasteiger partial charge in [0.1, 0.15) is 0 Å². The van der Waals surface area contributed by atoms with Crippen molar-refractivity contribution in [2.24, 2.45) is 5.73 Å². The fraction of sp³-hybridized carbons (Fsp3) is 0.150. The number of pyridine rings is 1. The van der Waals surface area contributed by atoms with Gasteiger partial charge in [-0.25, -0.2) is 8.42 Å². The highest BCUT2D eigenvalue weighted by molar-refractivity contribution is 7.95.